The Hall–Kier alpha value is -3.54. The first kappa shape index (κ1) is 22.2. The van der Waals surface area contributed by atoms with E-state index >= 15 is 0 Å². The summed E-state index contributed by atoms with van der Waals surface area (Å²) in [6.07, 6.45) is 4.15. The molecule has 0 unspecified atom stereocenters. The number of hydrogen-bond donors (Lipinski definition) is 3. The highest BCUT2D eigenvalue weighted by molar-refractivity contribution is 6.03. The Morgan fingerprint density at radius 2 is 1.32 bits per heavy atom. The molecule has 0 saturated heterocycles. The molecule has 0 aliphatic heterocycles. The molecule has 31 heavy (non-hydrogen) atoms. The molecule has 0 fully saturated rings. The van der Waals surface area contributed by atoms with E-state index in [4.69, 9.17) is 4.42 Å². The molecule has 0 spiro atoms. The number of aromatic hydroxyl groups is 2. The summed E-state index contributed by atoms with van der Waals surface area (Å²) < 4.78 is 5.79. The number of fused-ring (bicyclic) bond motifs is 2. The minimum absolute atomic E-state index is 0.00268. The molecule has 0 atom stereocenters. The van der Waals surface area contributed by atoms with Crippen LogP contribution in [0.3, 0.4) is 0 Å². The van der Waals surface area contributed by atoms with Crippen molar-refractivity contribution < 1.29 is 19.7 Å². The number of rotatable bonds is 4. The quantitative estimate of drug-likeness (QED) is 0.431. The summed E-state index contributed by atoms with van der Waals surface area (Å²) in [4.78, 5) is 25.2. The van der Waals surface area contributed by atoms with Crippen molar-refractivity contribution >= 4 is 27.7 Å². The van der Waals surface area contributed by atoms with Crippen LogP contribution < -0.4 is 16.1 Å². The molecular weight excluding hydrogens is 396 g/mol. The molecule has 3 rings (SSSR count). The zero-order valence-electron chi connectivity index (χ0n) is 18.3. The average molecular weight is 422 g/mol. The van der Waals surface area contributed by atoms with Crippen molar-refractivity contribution in [1.82, 2.24) is 0 Å². The van der Waals surface area contributed by atoms with Gasteiger partial charge in [-0.05, 0) is 53.0 Å². The standard InChI is InChI=1S/C25H26O6/c1-12(2)6-8-15-17(27)10-20-23(24(15)29)25(30)22-16(9-7-13(3)4)21(14(5)26)18(28)11-19(22)31-20/h6-7,10-11,26,29-30H,8-9H2,1-5H3/b21-14+. The Labute approximate surface area is 179 Å². The van der Waals surface area contributed by atoms with E-state index in [0.29, 0.717) is 5.56 Å². The van der Waals surface area contributed by atoms with Gasteiger partial charge in [0.2, 0.25) is 0 Å². The maximum Gasteiger partial charge on any atom is 0.193 e. The van der Waals surface area contributed by atoms with Crippen molar-refractivity contribution in [1.29, 1.82) is 0 Å². The molecule has 6 heteroatoms. The van der Waals surface area contributed by atoms with E-state index in [1.165, 1.54) is 19.1 Å². The molecule has 0 aliphatic carbocycles. The summed E-state index contributed by atoms with van der Waals surface area (Å²) in [5.41, 5.74) is 1.69. The van der Waals surface area contributed by atoms with Crippen molar-refractivity contribution in [3.05, 3.63) is 72.2 Å². The van der Waals surface area contributed by atoms with E-state index in [0.717, 1.165) is 11.1 Å². The Morgan fingerprint density at radius 3 is 1.87 bits per heavy atom. The van der Waals surface area contributed by atoms with Gasteiger partial charge in [0.15, 0.2) is 10.9 Å². The SMILES string of the molecule is CC(C)=CCc1c(O)c2c(O)c3c(CC=C(C)C)/c(=C(/C)O)c(=O)cc3oc2cc1=O. The smallest absolute Gasteiger partial charge is 0.193 e. The molecule has 0 radical (unpaired) electrons. The van der Waals surface area contributed by atoms with Crippen molar-refractivity contribution in [2.75, 3.05) is 0 Å². The zero-order valence-corrected chi connectivity index (χ0v) is 18.3. The zero-order chi connectivity index (χ0) is 23.0. The summed E-state index contributed by atoms with van der Waals surface area (Å²) in [7, 11) is 0. The van der Waals surface area contributed by atoms with E-state index < -0.39 is 10.9 Å². The third-order valence-electron chi connectivity index (χ3n) is 5.17. The fraction of sp³-hybridized carbons (Fsp3) is 0.280. The molecule has 3 aromatic rings. The molecule has 0 saturated carbocycles. The second-order valence-corrected chi connectivity index (χ2v) is 8.18. The van der Waals surface area contributed by atoms with Crippen LogP contribution in [0.25, 0.3) is 27.7 Å². The number of phenols is 1. The maximum atomic E-state index is 12.7. The summed E-state index contributed by atoms with van der Waals surface area (Å²) in [5.74, 6) is -0.826. The van der Waals surface area contributed by atoms with Gasteiger partial charge in [0.05, 0.1) is 10.6 Å². The van der Waals surface area contributed by atoms with Gasteiger partial charge < -0.3 is 19.7 Å². The first-order valence-electron chi connectivity index (χ1n) is 9.99. The number of benzene rings is 2. The van der Waals surface area contributed by atoms with E-state index in [-0.39, 0.29) is 62.8 Å². The molecule has 6 nitrogen and oxygen atoms in total. The molecule has 162 valence electrons. The largest absolute Gasteiger partial charge is 0.512 e. The number of aliphatic hydroxyl groups is 1. The maximum absolute atomic E-state index is 12.7. The molecule has 0 amide bonds. The van der Waals surface area contributed by atoms with Crippen LogP contribution in [0.1, 0.15) is 45.7 Å². The number of hydrogen-bond acceptors (Lipinski definition) is 6. The fourth-order valence-corrected chi connectivity index (χ4v) is 3.65. The van der Waals surface area contributed by atoms with Crippen LogP contribution in [0.15, 0.2) is 49.4 Å². The average Bonchev–Trinajstić information content (AvgIpc) is 2.64. The normalized spacial score (nSPS) is 12.2. The Morgan fingerprint density at radius 1 is 0.806 bits per heavy atom. The van der Waals surface area contributed by atoms with Gasteiger partial charge in [-0.25, -0.2) is 0 Å². The van der Waals surface area contributed by atoms with Crippen LogP contribution in [-0.2, 0) is 12.8 Å². The lowest BCUT2D eigenvalue weighted by molar-refractivity contribution is 0.459. The van der Waals surface area contributed by atoms with Crippen molar-refractivity contribution in [2.45, 2.75) is 47.5 Å². The number of allylic oxidation sites excluding steroid dienone is 4. The highest BCUT2D eigenvalue weighted by Gasteiger charge is 2.21. The summed E-state index contributed by atoms with van der Waals surface area (Å²) >= 11 is 0. The third kappa shape index (κ3) is 4.06. The Balaban J connectivity index is 2.54. The van der Waals surface area contributed by atoms with Gasteiger partial charge in [0, 0.05) is 17.7 Å². The van der Waals surface area contributed by atoms with Gasteiger partial charge >= 0.3 is 0 Å². The molecule has 1 aromatic heterocycles. The second kappa shape index (κ2) is 8.30. The van der Waals surface area contributed by atoms with Gasteiger partial charge in [0.1, 0.15) is 33.8 Å². The third-order valence-corrected chi connectivity index (χ3v) is 5.17. The minimum Gasteiger partial charge on any atom is -0.512 e. The minimum atomic E-state index is -0.459. The van der Waals surface area contributed by atoms with Crippen molar-refractivity contribution in [3.63, 3.8) is 0 Å². The van der Waals surface area contributed by atoms with Crippen LogP contribution in [-0.4, -0.2) is 15.3 Å². The van der Waals surface area contributed by atoms with Gasteiger partial charge in [-0.1, -0.05) is 23.3 Å². The summed E-state index contributed by atoms with van der Waals surface area (Å²) in [5, 5.41) is 32.5. The summed E-state index contributed by atoms with van der Waals surface area (Å²) in [6.45, 7) is 8.97. The molecule has 0 bridgehead atoms. The predicted molar refractivity (Wildman–Crippen MR) is 123 cm³/mol. The molecular formula is C25H26O6. The molecule has 1 heterocycles. The van der Waals surface area contributed by atoms with Gasteiger partial charge in [0.25, 0.3) is 0 Å². The van der Waals surface area contributed by atoms with Gasteiger partial charge in [-0.3, -0.25) is 9.59 Å². The highest BCUT2D eigenvalue weighted by Crippen LogP contribution is 2.40. The molecule has 0 aliphatic rings. The lowest BCUT2D eigenvalue weighted by atomic mass is 9.97. The van der Waals surface area contributed by atoms with Crippen LogP contribution >= 0.6 is 0 Å². The van der Waals surface area contributed by atoms with Gasteiger partial charge in [-0.2, -0.15) is 0 Å². The fourth-order valence-electron chi connectivity index (χ4n) is 3.65. The monoisotopic (exact) mass is 422 g/mol. The van der Waals surface area contributed by atoms with E-state index in [1.54, 1.807) is 0 Å². The first-order valence-corrected chi connectivity index (χ1v) is 9.99. The topological polar surface area (TPSA) is 108 Å². The van der Waals surface area contributed by atoms with E-state index in [9.17, 15) is 24.9 Å². The van der Waals surface area contributed by atoms with E-state index in [2.05, 4.69) is 0 Å². The van der Waals surface area contributed by atoms with Crippen LogP contribution in [0.2, 0.25) is 0 Å². The highest BCUT2D eigenvalue weighted by atomic mass is 16.3. The second-order valence-electron chi connectivity index (χ2n) is 8.18. The van der Waals surface area contributed by atoms with Crippen LogP contribution in [0, 0.1) is 0 Å². The molecule has 2 aromatic carbocycles. The number of phenolic OH excluding ortho intramolecular Hbond substituents is 1. The van der Waals surface area contributed by atoms with Crippen LogP contribution in [0.5, 0.6) is 11.5 Å². The Bertz CT molecular complexity index is 1430. The first-order chi connectivity index (χ1) is 14.5. The van der Waals surface area contributed by atoms with Gasteiger partial charge in [-0.15, -0.1) is 0 Å². The van der Waals surface area contributed by atoms with Crippen LogP contribution in [0.4, 0.5) is 0 Å². The predicted octanol–water partition coefficient (Wildman–Crippen LogP) is 4.14. The lowest BCUT2D eigenvalue weighted by Crippen LogP contribution is -2.30. The van der Waals surface area contributed by atoms with Crippen molar-refractivity contribution in [2.24, 2.45) is 0 Å². The number of aliphatic hydroxyl groups excluding tert-OH is 1. The van der Waals surface area contributed by atoms with E-state index in [1.807, 2.05) is 39.8 Å². The molecule has 3 N–H and O–H groups in total. The summed E-state index contributed by atoms with van der Waals surface area (Å²) in [6, 6.07) is 2.38. The lowest BCUT2D eigenvalue weighted by Gasteiger charge is -2.13. The van der Waals surface area contributed by atoms with Crippen molar-refractivity contribution in [3.8, 4) is 11.5 Å². The Kier molecular flexibility index (Phi) is 5.93.